The second-order valence-corrected chi connectivity index (χ2v) is 1.28. The summed E-state index contributed by atoms with van der Waals surface area (Å²) in [4.78, 5) is 3.58. The molecule has 0 aliphatic heterocycles. The molecular formula is C5H9FN2. The van der Waals surface area contributed by atoms with E-state index in [4.69, 9.17) is 5.73 Å². The van der Waals surface area contributed by atoms with Gasteiger partial charge in [-0.1, -0.05) is 0 Å². The minimum atomic E-state index is -0.605. The number of nitrogens with two attached hydrogens (primary N) is 1. The molecule has 0 bridgehead atoms. The molecular weight excluding hydrogens is 107 g/mol. The average molecular weight is 116 g/mol. The van der Waals surface area contributed by atoms with Crippen molar-refractivity contribution in [1.29, 1.82) is 0 Å². The number of halogens is 1. The van der Waals surface area contributed by atoms with Crippen LogP contribution in [-0.2, 0) is 0 Å². The smallest absolute Gasteiger partial charge is 0.129 e. The topological polar surface area (TPSA) is 38.4 Å². The van der Waals surface area contributed by atoms with Crippen LogP contribution in [0.1, 0.15) is 0 Å². The lowest BCUT2D eigenvalue weighted by Crippen LogP contribution is -1.98. The van der Waals surface area contributed by atoms with Crippen molar-refractivity contribution in [3.63, 3.8) is 0 Å². The zero-order valence-electron chi connectivity index (χ0n) is 4.76. The summed E-state index contributed by atoms with van der Waals surface area (Å²) in [6.07, 6.45) is 2.88. The van der Waals surface area contributed by atoms with Crippen LogP contribution in [0.15, 0.2) is 16.8 Å². The van der Waals surface area contributed by atoms with E-state index in [0.29, 0.717) is 0 Å². The number of allylic oxidation sites excluding steroid dienone is 2. The van der Waals surface area contributed by atoms with E-state index in [1.807, 2.05) is 0 Å². The van der Waals surface area contributed by atoms with Crippen molar-refractivity contribution in [1.82, 2.24) is 0 Å². The fourth-order valence-electron chi connectivity index (χ4n) is 0.215. The number of aliphatic imine (C=N–C) groups is 1. The Hall–Kier alpha value is -0.860. The van der Waals surface area contributed by atoms with Crippen molar-refractivity contribution in [2.24, 2.45) is 10.7 Å². The van der Waals surface area contributed by atoms with Crippen LogP contribution in [0.5, 0.6) is 0 Å². The molecule has 3 heteroatoms. The van der Waals surface area contributed by atoms with E-state index in [-0.39, 0.29) is 5.70 Å². The normalized spacial score (nSPS) is 13.0. The lowest BCUT2D eigenvalue weighted by atomic mass is 10.4. The summed E-state index contributed by atoms with van der Waals surface area (Å²) in [5.41, 5.74) is 5.26. The van der Waals surface area contributed by atoms with Crippen molar-refractivity contribution < 1.29 is 4.39 Å². The van der Waals surface area contributed by atoms with Gasteiger partial charge in [0.1, 0.15) is 6.67 Å². The van der Waals surface area contributed by atoms with Crippen LogP contribution in [0.2, 0.25) is 0 Å². The van der Waals surface area contributed by atoms with E-state index in [1.165, 1.54) is 12.3 Å². The first-order valence-corrected chi connectivity index (χ1v) is 2.24. The van der Waals surface area contributed by atoms with Crippen molar-refractivity contribution in [2.45, 2.75) is 0 Å². The fourth-order valence-corrected chi connectivity index (χ4v) is 0.215. The summed E-state index contributed by atoms with van der Waals surface area (Å²) in [5.74, 6) is 0. The number of hydrogen-bond donors (Lipinski definition) is 1. The first-order chi connectivity index (χ1) is 3.81. The lowest BCUT2D eigenvalue weighted by Gasteiger charge is -1.85. The Labute approximate surface area is 47.9 Å². The molecule has 0 saturated carbocycles. The van der Waals surface area contributed by atoms with Crippen molar-refractivity contribution >= 4 is 6.21 Å². The molecule has 0 aliphatic rings. The van der Waals surface area contributed by atoms with Gasteiger partial charge in [0.05, 0.1) is 0 Å². The molecule has 0 saturated heterocycles. The molecule has 0 aromatic rings. The summed E-state index contributed by atoms with van der Waals surface area (Å²) in [7, 11) is 1.60. The van der Waals surface area contributed by atoms with Gasteiger partial charge in [0.2, 0.25) is 0 Å². The molecule has 0 aromatic carbocycles. The molecule has 0 unspecified atom stereocenters. The first kappa shape index (κ1) is 7.14. The minimum Gasteiger partial charge on any atom is -0.400 e. The van der Waals surface area contributed by atoms with E-state index < -0.39 is 6.67 Å². The molecule has 0 fully saturated rings. The second-order valence-electron chi connectivity index (χ2n) is 1.28. The van der Waals surface area contributed by atoms with E-state index in [1.54, 1.807) is 7.05 Å². The Morgan fingerprint density at radius 3 is 2.88 bits per heavy atom. The quantitative estimate of drug-likeness (QED) is 0.524. The summed E-state index contributed by atoms with van der Waals surface area (Å²) in [5, 5.41) is 0. The fraction of sp³-hybridized carbons (Fsp3) is 0.400. The van der Waals surface area contributed by atoms with Gasteiger partial charge in [-0.15, -0.1) is 0 Å². The third-order valence-electron chi connectivity index (χ3n) is 0.592. The van der Waals surface area contributed by atoms with Crippen LogP contribution >= 0.6 is 0 Å². The van der Waals surface area contributed by atoms with Crippen molar-refractivity contribution in [3.05, 3.63) is 11.8 Å². The molecule has 46 valence electrons. The van der Waals surface area contributed by atoms with Gasteiger partial charge in [-0.05, 0) is 6.08 Å². The van der Waals surface area contributed by atoms with Crippen LogP contribution < -0.4 is 5.73 Å². The summed E-state index contributed by atoms with van der Waals surface area (Å²) in [6, 6.07) is 0. The molecule has 0 aliphatic carbocycles. The van der Waals surface area contributed by atoms with Gasteiger partial charge in [-0.3, -0.25) is 4.99 Å². The maximum atomic E-state index is 11.5. The van der Waals surface area contributed by atoms with Crippen molar-refractivity contribution in [3.8, 4) is 0 Å². The van der Waals surface area contributed by atoms with E-state index in [9.17, 15) is 4.39 Å². The predicted octanol–water partition coefficient (Wildman–Crippen LogP) is 0.499. The summed E-state index contributed by atoms with van der Waals surface area (Å²) < 4.78 is 11.5. The highest BCUT2D eigenvalue weighted by molar-refractivity contribution is 5.71. The molecule has 0 atom stereocenters. The number of hydrogen-bond acceptors (Lipinski definition) is 2. The Bertz CT molecular complexity index is 107. The standard InChI is InChI=1S/C5H9FN2/c1-8-3-2-5(7)4-6/h2-3H,4,7H2,1H3. The van der Waals surface area contributed by atoms with E-state index in [0.717, 1.165) is 0 Å². The Morgan fingerprint density at radius 1 is 1.88 bits per heavy atom. The predicted molar refractivity (Wildman–Crippen MR) is 32.7 cm³/mol. The largest absolute Gasteiger partial charge is 0.400 e. The third kappa shape index (κ3) is 3.33. The molecule has 8 heavy (non-hydrogen) atoms. The summed E-state index contributed by atoms with van der Waals surface area (Å²) in [6.45, 7) is -0.605. The lowest BCUT2D eigenvalue weighted by molar-refractivity contribution is 0.540. The average Bonchev–Trinajstić information content (AvgIpc) is 1.83. The Balaban J connectivity index is 3.57. The monoisotopic (exact) mass is 116 g/mol. The SMILES string of the molecule is CN=CC=C(N)CF. The highest BCUT2D eigenvalue weighted by atomic mass is 19.1. The maximum Gasteiger partial charge on any atom is 0.129 e. The number of nitrogens with zero attached hydrogens (tertiary/aromatic N) is 1. The van der Waals surface area contributed by atoms with Crippen LogP contribution in [0.25, 0.3) is 0 Å². The van der Waals surface area contributed by atoms with Gasteiger partial charge in [-0.2, -0.15) is 0 Å². The van der Waals surface area contributed by atoms with Gasteiger partial charge < -0.3 is 5.73 Å². The highest BCUT2D eigenvalue weighted by Crippen LogP contribution is 1.80. The maximum absolute atomic E-state index is 11.5. The highest BCUT2D eigenvalue weighted by Gasteiger charge is 1.80. The van der Waals surface area contributed by atoms with Gasteiger partial charge in [0, 0.05) is 19.0 Å². The minimum absolute atomic E-state index is 0.204. The van der Waals surface area contributed by atoms with Crippen LogP contribution in [-0.4, -0.2) is 19.9 Å². The van der Waals surface area contributed by atoms with Gasteiger partial charge >= 0.3 is 0 Å². The summed E-state index contributed by atoms with van der Waals surface area (Å²) >= 11 is 0. The first-order valence-electron chi connectivity index (χ1n) is 2.24. The zero-order valence-corrected chi connectivity index (χ0v) is 4.76. The molecule has 2 nitrogen and oxygen atoms in total. The number of rotatable bonds is 2. The Morgan fingerprint density at radius 2 is 2.50 bits per heavy atom. The van der Waals surface area contributed by atoms with Gasteiger partial charge in [-0.25, -0.2) is 4.39 Å². The molecule has 0 aromatic heterocycles. The molecule has 2 N–H and O–H groups in total. The van der Waals surface area contributed by atoms with Gasteiger partial charge in [0.25, 0.3) is 0 Å². The van der Waals surface area contributed by atoms with Crippen LogP contribution in [0.4, 0.5) is 4.39 Å². The zero-order chi connectivity index (χ0) is 6.41. The molecule has 0 rings (SSSR count). The molecule has 0 radical (unpaired) electrons. The second kappa shape index (κ2) is 4.30. The van der Waals surface area contributed by atoms with E-state index in [2.05, 4.69) is 4.99 Å². The van der Waals surface area contributed by atoms with E-state index >= 15 is 0 Å². The van der Waals surface area contributed by atoms with Gasteiger partial charge in [0.15, 0.2) is 0 Å². The van der Waals surface area contributed by atoms with Crippen molar-refractivity contribution in [2.75, 3.05) is 13.7 Å². The van der Waals surface area contributed by atoms with Crippen LogP contribution in [0, 0.1) is 0 Å². The third-order valence-corrected chi connectivity index (χ3v) is 0.592. The molecule has 0 amide bonds. The molecule has 0 spiro atoms. The molecule has 0 heterocycles. The number of alkyl halides is 1. The Kier molecular flexibility index (Phi) is 3.84. The van der Waals surface area contributed by atoms with Crippen LogP contribution in [0.3, 0.4) is 0 Å².